The third kappa shape index (κ3) is 3.54. The van der Waals surface area contributed by atoms with Gasteiger partial charge in [-0.15, -0.1) is 5.10 Å². The number of carbonyl (C=O) groups is 2. The zero-order chi connectivity index (χ0) is 16.9. The van der Waals surface area contributed by atoms with E-state index < -0.39 is 5.91 Å². The molecule has 0 aliphatic heterocycles. The summed E-state index contributed by atoms with van der Waals surface area (Å²) >= 11 is 0. The van der Waals surface area contributed by atoms with Crippen molar-refractivity contribution in [3.05, 3.63) is 54.1 Å². The molecule has 0 unspecified atom stereocenters. The minimum atomic E-state index is -0.441. The molecular weight excluding hydrogens is 308 g/mol. The summed E-state index contributed by atoms with van der Waals surface area (Å²) in [6.07, 6.45) is 3.38. The van der Waals surface area contributed by atoms with Gasteiger partial charge in [0.2, 0.25) is 11.7 Å². The first-order valence-corrected chi connectivity index (χ1v) is 7.44. The van der Waals surface area contributed by atoms with E-state index in [1.54, 1.807) is 18.5 Å². The van der Waals surface area contributed by atoms with Crippen LogP contribution in [0, 0.1) is 6.92 Å². The van der Waals surface area contributed by atoms with Crippen molar-refractivity contribution in [1.29, 1.82) is 0 Å². The Kier molecular flexibility index (Phi) is 4.46. The standard InChI is InChI=1S/C16H16N6O2/c1-11-5-2-3-6-12(11)19-13(23)7-9-17-15(24)14-20-16-18-8-4-10-22(16)21-14/h2-6,8,10H,7,9H2,1H3,(H,17,24)(H,19,23). The molecule has 8 nitrogen and oxygen atoms in total. The number of aromatic nitrogens is 4. The van der Waals surface area contributed by atoms with Gasteiger partial charge in [0, 0.05) is 31.0 Å². The van der Waals surface area contributed by atoms with Crippen LogP contribution in [0.3, 0.4) is 0 Å². The van der Waals surface area contributed by atoms with Gasteiger partial charge < -0.3 is 10.6 Å². The first-order valence-electron chi connectivity index (χ1n) is 7.44. The molecule has 122 valence electrons. The normalized spacial score (nSPS) is 10.5. The Balaban J connectivity index is 1.51. The summed E-state index contributed by atoms with van der Waals surface area (Å²) in [5.41, 5.74) is 1.75. The summed E-state index contributed by atoms with van der Waals surface area (Å²) in [5.74, 6) is -0.244. The minimum absolute atomic E-state index is 0.0213. The molecule has 0 aliphatic rings. The van der Waals surface area contributed by atoms with E-state index in [1.807, 2.05) is 31.2 Å². The maximum absolute atomic E-state index is 12.0. The number of para-hydroxylation sites is 1. The van der Waals surface area contributed by atoms with Crippen molar-refractivity contribution >= 4 is 23.3 Å². The van der Waals surface area contributed by atoms with Crippen molar-refractivity contribution in [2.24, 2.45) is 0 Å². The average Bonchev–Trinajstić information content (AvgIpc) is 3.01. The number of nitrogens with one attached hydrogen (secondary N) is 2. The van der Waals surface area contributed by atoms with Gasteiger partial charge in [0.15, 0.2) is 0 Å². The molecule has 0 saturated carbocycles. The highest BCUT2D eigenvalue weighted by atomic mass is 16.2. The van der Waals surface area contributed by atoms with Crippen molar-refractivity contribution in [1.82, 2.24) is 24.9 Å². The Hall–Kier alpha value is -3.29. The fourth-order valence-corrected chi connectivity index (χ4v) is 2.12. The predicted molar refractivity (Wildman–Crippen MR) is 87.5 cm³/mol. The van der Waals surface area contributed by atoms with Crippen molar-refractivity contribution in [2.45, 2.75) is 13.3 Å². The van der Waals surface area contributed by atoms with E-state index in [0.717, 1.165) is 11.3 Å². The SMILES string of the molecule is Cc1ccccc1NC(=O)CCNC(=O)c1nc2ncccn2n1. The molecule has 2 heterocycles. The number of nitrogens with zero attached hydrogens (tertiary/aromatic N) is 4. The zero-order valence-electron chi connectivity index (χ0n) is 13.1. The zero-order valence-corrected chi connectivity index (χ0v) is 13.1. The second-order valence-corrected chi connectivity index (χ2v) is 5.17. The van der Waals surface area contributed by atoms with Gasteiger partial charge >= 0.3 is 0 Å². The number of aryl methyl sites for hydroxylation is 1. The summed E-state index contributed by atoms with van der Waals surface area (Å²) in [6, 6.07) is 9.20. The molecule has 2 N–H and O–H groups in total. The number of benzene rings is 1. The second kappa shape index (κ2) is 6.86. The van der Waals surface area contributed by atoms with Crippen LogP contribution < -0.4 is 10.6 Å². The second-order valence-electron chi connectivity index (χ2n) is 5.17. The van der Waals surface area contributed by atoms with Crippen LogP contribution in [0.25, 0.3) is 5.78 Å². The summed E-state index contributed by atoms with van der Waals surface area (Å²) < 4.78 is 1.42. The highest BCUT2D eigenvalue weighted by Crippen LogP contribution is 2.13. The number of hydrogen-bond donors (Lipinski definition) is 2. The van der Waals surface area contributed by atoms with Crippen LogP contribution in [-0.2, 0) is 4.79 Å². The Morgan fingerprint density at radius 3 is 2.83 bits per heavy atom. The van der Waals surface area contributed by atoms with Crippen molar-refractivity contribution in [3.8, 4) is 0 Å². The van der Waals surface area contributed by atoms with Gasteiger partial charge in [0.05, 0.1) is 0 Å². The summed E-state index contributed by atoms with van der Waals surface area (Å²) in [5, 5.41) is 9.46. The maximum Gasteiger partial charge on any atom is 0.291 e. The third-order valence-corrected chi connectivity index (χ3v) is 3.38. The highest BCUT2D eigenvalue weighted by molar-refractivity contribution is 5.93. The maximum atomic E-state index is 12.0. The van der Waals surface area contributed by atoms with Gasteiger partial charge in [-0.1, -0.05) is 18.2 Å². The first kappa shape index (κ1) is 15.6. The Morgan fingerprint density at radius 2 is 2.04 bits per heavy atom. The lowest BCUT2D eigenvalue weighted by Crippen LogP contribution is -2.28. The molecule has 3 rings (SSSR count). The van der Waals surface area contributed by atoms with Gasteiger partial charge in [-0.3, -0.25) is 9.59 Å². The number of amides is 2. The van der Waals surface area contributed by atoms with Gasteiger partial charge in [0.1, 0.15) is 0 Å². The first-order chi connectivity index (χ1) is 11.6. The van der Waals surface area contributed by atoms with Crippen LogP contribution in [0.5, 0.6) is 0 Å². The molecule has 0 bridgehead atoms. The van der Waals surface area contributed by atoms with Crippen LogP contribution >= 0.6 is 0 Å². The molecule has 0 radical (unpaired) electrons. The van der Waals surface area contributed by atoms with E-state index in [1.165, 1.54) is 4.52 Å². The molecular formula is C16H16N6O2. The van der Waals surface area contributed by atoms with Crippen molar-refractivity contribution in [2.75, 3.05) is 11.9 Å². The quantitative estimate of drug-likeness (QED) is 0.734. The average molecular weight is 324 g/mol. The number of anilines is 1. The molecule has 8 heteroatoms. The number of fused-ring (bicyclic) bond motifs is 1. The molecule has 0 atom stereocenters. The monoisotopic (exact) mass is 324 g/mol. The van der Waals surface area contributed by atoms with E-state index >= 15 is 0 Å². The number of hydrogen-bond acceptors (Lipinski definition) is 5. The molecule has 3 aromatic rings. The Bertz CT molecular complexity index is 856. The van der Waals surface area contributed by atoms with Gasteiger partial charge in [0.25, 0.3) is 11.7 Å². The van der Waals surface area contributed by atoms with E-state index in [4.69, 9.17) is 0 Å². The van der Waals surface area contributed by atoms with Crippen molar-refractivity contribution in [3.63, 3.8) is 0 Å². The molecule has 24 heavy (non-hydrogen) atoms. The lowest BCUT2D eigenvalue weighted by molar-refractivity contribution is -0.116. The topological polar surface area (TPSA) is 101 Å². The molecule has 0 fully saturated rings. The molecule has 1 aromatic carbocycles. The molecule has 0 aliphatic carbocycles. The van der Waals surface area contributed by atoms with Crippen molar-refractivity contribution < 1.29 is 9.59 Å². The summed E-state index contributed by atoms with van der Waals surface area (Å²) in [4.78, 5) is 31.9. The Morgan fingerprint density at radius 1 is 1.21 bits per heavy atom. The summed E-state index contributed by atoms with van der Waals surface area (Å²) in [6.45, 7) is 2.11. The summed E-state index contributed by atoms with van der Waals surface area (Å²) in [7, 11) is 0. The number of rotatable bonds is 5. The predicted octanol–water partition coefficient (Wildman–Crippen LogP) is 1.19. The van der Waals surface area contributed by atoms with Crippen LogP contribution in [0.15, 0.2) is 42.7 Å². The Labute approximate surface area is 137 Å². The van der Waals surface area contributed by atoms with E-state index in [2.05, 4.69) is 25.7 Å². The van der Waals surface area contributed by atoms with E-state index in [9.17, 15) is 9.59 Å². The van der Waals surface area contributed by atoms with E-state index in [-0.39, 0.29) is 24.7 Å². The van der Waals surface area contributed by atoms with Gasteiger partial charge in [-0.2, -0.15) is 4.98 Å². The van der Waals surface area contributed by atoms with Gasteiger partial charge in [-0.05, 0) is 24.6 Å². The van der Waals surface area contributed by atoms with Gasteiger partial charge in [-0.25, -0.2) is 9.50 Å². The largest absolute Gasteiger partial charge is 0.349 e. The molecule has 2 aromatic heterocycles. The highest BCUT2D eigenvalue weighted by Gasteiger charge is 2.13. The van der Waals surface area contributed by atoms with Crippen LogP contribution in [0.2, 0.25) is 0 Å². The molecule has 0 spiro atoms. The minimum Gasteiger partial charge on any atom is -0.349 e. The van der Waals surface area contributed by atoms with E-state index in [0.29, 0.717) is 5.78 Å². The fraction of sp³-hybridized carbons (Fsp3) is 0.188. The lowest BCUT2D eigenvalue weighted by Gasteiger charge is -2.08. The number of carbonyl (C=O) groups excluding carboxylic acids is 2. The van der Waals surface area contributed by atoms with Crippen LogP contribution in [-0.4, -0.2) is 37.9 Å². The van der Waals surface area contributed by atoms with Crippen LogP contribution in [0.4, 0.5) is 5.69 Å². The van der Waals surface area contributed by atoms with Crippen LogP contribution in [0.1, 0.15) is 22.6 Å². The molecule has 0 saturated heterocycles. The fourth-order valence-electron chi connectivity index (χ4n) is 2.12. The molecule has 2 amide bonds. The lowest BCUT2D eigenvalue weighted by atomic mass is 10.2. The third-order valence-electron chi connectivity index (χ3n) is 3.38. The smallest absolute Gasteiger partial charge is 0.291 e.